The van der Waals surface area contributed by atoms with Gasteiger partial charge in [-0.15, -0.1) is 0 Å². The minimum absolute atomic E-state index is 0.00718. The Morgan fingerprint density at radius 2 is 1.59 bits per heavy atom. The van der Waals surface area contributed by atoms with Crippen molar-refractivity contribution in [2.45, 2.75) is 50.6 Å². The number of fused-ring (bicyclic) bond motifs is 2. The fraction of sp³-hybridized carbons (Fsp3) is 0.341. The van der Waals surface area contributed by atoms with Gasteiger partial charge in [0.2, 0.25) is 11.8 Å². The molecule has 5 heterocycles. The molecule has 15 heteroatoms. The highest BCUT2D eigenvalue weighted by molar-refractivity contribution is 6.24. The summed E-state index contributed by atoms with van der Waals surface area (Å²) in [4.78, 5) is 60.9. The number of hydrogen-bond acceptors (Lipinski definition) is 11. The molecule has 286 valence electrons. The number of carbonyl (C=O) groups excluding carboxylic acids is 4. The molecule has 1 atom stereocenters. The van der Waals surface area contributed by atoms with E-state index in [0.717, 1.165) is 17.7 Å². The van der Waals surface area contributed by atoms with Crippen LogP contribution >= 0.6 is 0 Å². The van der Waals surface area contributed by atoms with Crippen molar-refractivity contribution in [1.29, 1.82) is 0 Å². The number of amides is 4. The van der Waals surface area contributed by atoms with Crippen LogP contribution in [0.2, 0.25) is 0 Å². The van der Waals surface area contributed by atoms with Crippen LogP contribution in [-0.2, 0) is 9.59 Å². The number of piperidine rings is 1. The van der Waals surface area contributed by atoms with E-state index in [0.29, 0.717) is 63.7 Å². The van der Waals surface area contributed by atoms with Gasteiger partial charge in [0.1, 0.15) is 35.4 Å². The monoisotopic (exact) mass is 765 g/mol. The molecule has 1 unspecified atom stereocenters. The smallest absolute Gasteiger partial charge is 0.265 e. The van der Waals surface area contributed by atoms with Crippen LogP contribution in [0.3, 0.4) is 0 Å². The zero-order valence-corrected chi connectivity index (χ0v) is 29.7. The lowest BCUT2D eigenvalue weighted by Gasteiger charge is -2.39. The number of piperazine rings is 1. The number of aromatic nitrogens is 4. The molecular weight excluding hydrogens is 718 g/mol. The van der Waals surface area contributed by atoms with Gasteiger partial charge in [-0.05, 0) is 86.6 Å². The van der Waals surface area contributed by atoms with E-state index in [1.165, 1.54) is 6.33 Å². The van der Waals surface area contributed by atoms with Crippen molar-refractivity contribution in [3.8, 4) is 22.8 Å². The highest BCUT2D eigenvalue weighted by atomic mass is 19.1. The molecule has 56 heavy (non-hydrogen) atoms. The van der Waals surface area contributed by atoms with Crippen molar-refractivity contribution in [2.24, 2.45) is 5.92 Å². The van der Waals surface area contributed by atoms with E-state index in [1.807, 2.05) is 59.9 Å². The third-order valence-corrected chi connectivity index (χ3v) is 10.6. The molecule has 3 aromatic carbocycles. The summed E-state index contributed by atoms with van der Waals surface area (Å²) in [6, 6.07) is 16.7. The number of halogens is 1. The molecule has 4 amide bonds. The molecule has 3 fully saturated rings. The second-order valence-electron chi connectivity index (χ2n) is 14.0. The molecule has 3 aliphatic heterocycles. The largest absolute Gasteiger partial charge is 0.457 e. The van der Waals surface area contributed by atoms with Crippen molar-refractivity contribution >= 4 is 46.2 Å². The molecule has 3 N–H and O–H groups in total. The van der Waals surface area contributed by atoms with Crippen molar-refractivity contribution < 1.29 is 39.3 Å². The van der Waals surface area contributed by atoms with E-state index in [-0.39, 0.29) is 29.6 Å². The average molecular weight is 766 g/mol. The van der Waals surface area contributed by atoms with Gasteiger partial charge in [-0.1, -0.05) is 18.2 Å². The average Bonchev–Trinajstić information content (AvgIpc) is 3.76. The summed E-state index contributed by atoms with van der Waals surface area (Å²) in [5.41, 5.74) is 5.71. The first-order chi connectivity index (χ1) is 30.3. The lowest BCUT2D eigenvalue weighted by atomic mass is 9.85. The predicted molar refractivity (Wildman–Crippen MR) is 204 cm³/mol. The standard InChI is InChI=1S/C41H40FN9O5/c42-35-30(15-14-29-33(35)41(55)50(40(29)54)31-16-17-32(52)46-39(31)53)49-20-18-48(19-21-49)22-24-6-10-26(11-7-24)51-38-34(37(43)44-23-45-38)36(47-51)25-8-12-28(13-9-25)56-27-4-2-1-3-5-27/h1-5,8-9,12-15,23-24,26,31H,6-7,10-11,16-22H2,(H2,43,44,45)(H,46,52,53)/i18D2,19D2,20D2,21D2. The molecule has 0 bridgehead atoms. The van der Waals surface area contributed by atoms with Crippen molar-refractivity contribution in [3.05, 3.63) is 90.0 Å². The van der Waals surface area contributed by atoms with Crippen molar-refractivity contribution in [2.75, 3.05) is 43.2 Å². The maximum absolute atomic E-state index is 16.6. The summed E-state index contributed by atoms with van der Waals surface area (Å²) in [5, 5.41) is 7.52. The van der Waals surface area contributed by atoms with Crippen LogP contribution in [0, 0.1) is 11.7 Å². The van der Waals surface area contributed by atoms with Gasteiger partial charge in [-0.2, -0.15) is 5.10 Å². The first-order valence-electron chi connectivity index (χ1n) is 22.2. The van der Waals surface area contributed by atoms with Gasteiger partial charge in [0, 0.05) is 50.0 Å². The molecular formula is C41H40FN9O5. The highest BCUT2D eigenvalue weighted by Gasteiger charge is 2.46. The van der Waals surface area contributed by atoms with Gasteiger partial charge in [-0.25, -0.2) is 19.0 Å². The van der Waals surface area contributed by atoms with E-state index in [1.54, 1.807) is 4.68 Å². The highest BCUT2D eigenvalue weighted by Crippen LogP contribution is 2.39. The molecule has 1 saturated carbocycles. The predicted octanol–water partition coefficient (Wildman–Crippen LogP) is 4.96. The summed E-state index contributed by atoms with van der Waals surface area (Å²) in [7, 11) is 0. The van der Waals surface area contributed by atoms with E-state index in [2.05, 4.69) is 9.97 Å². The molecule has 0 spiro atoms. The topological polar surface area (TPSA) is 169 Å². The van der Waals surface area contributed by atoms with Gasteiger partial charge >= 0.3 is 0 Å². The summed E-state index contributed by atoms with van der Waals surface area (Å²) < 4.78 is 96.6. The van der Waals surface area contributed by atoms with Gasteiger partial charge in [0.05, 0.1) is 33.7 Å². The number of anilines is 2. The lowest BCUT2D eigenvalue weighted by molar-refractivity contribution is -0.136. The summed E-state index contributed by atoms with van der Waals surface area (Å²) >= 11 is 0. The minimum atomic E-state index is -3.49. The molecule has 4 aliphatic rings. The molecule has 2 saturated heterocycles. The Bertz CT molecular complexity index is 2710. The quantitative estimate of drug-likeness (QED) is 0.205. The first kappa shape index (κ1) is 27.4. The number of rotatable bonds is 8. The Labute approximate surface area is 332 Å². The van der Waals surface area contributed by atoms with Gasteiger partial charge in [0.25, 0.3) is 11.8 Å². The number of nitrogens with zero attached hydrogens (tertiary/aromatic N) is 7. The molecule has 5 aromatic rings. The number of benzene rings is 3. The van der Waals surface area contributed by atoms with Crippen LogP contribution in [0.4, 0.5) is 15.9 Å². The zero-order chi connectivity index (χ0) is 45.7. The fourth-order valence-corrected chi connectivity index (χ4v) is 7.76. The number of para-hydroxylation sites is 1. The van der Waals surface area contributed by atoms with E-state index in [4.69, 9.17) is 26.5 Å². The third kappa shape index (κ3) is 6.40. The number of imide groups is 2. The Morgan fingerprint density at radius 1 is 0.857 bits per heavy atom. The van der Waals surface area contributed by atoms with Crippen molar-refractivity contribution in [1.82, 2.24) is 34.9 Å². The molecule has 0 radical (unpaired) electrons. The maximum Gasteiger partial charge on any atom is 0.265 e. The minimum Gasteiger partial charge on any atom is -0.457 e. The molecule has 14 nitrogen and oxygen atoms in total. The Kier molecular flexibility index (Phi) is 7.06. The van der Waals surface area contributed by atoms with Gasteiger partial charge in [0.15, 0.2) is 11.5 Å². The Morgan fingerprint density at radius 3 is 2.32 bits per heavy atom. The lowest BCUT2D eigenvalue weighted by Crippen LogP contribution is -2.54. The van der Waals surface area contributed by atoms with Crippen LogP contribution in [0.5, 0.6) is 11.5 Å². The number of nitrogens with one attached hydrogen (secondary N) is 1. The van der Waals surface area contributed by atoms with Crippen LogP contribution < -0.4 is 20.7 Å². The van der Waals surface area contributed by atoms with Crippen LogP contribution in [0.25, 0.3) is 22.3 Å². The fourth-order valence-electron chi connectivity index (χ4n) is 7.76. The summed E-state index contributed by atoms with van der Waals surface area (Å²) in [6.45, 7) is -14.0. The number of nitrogens with two attached hydrogens (primary N) is 1. The second-order valence-corrected chi connectivity index (χ2v) is 14.0. The Hall–Kier alpha value is -6.22. The molecule has 1 aliphatic carbocycles. The number of ether oxygens (including phenoxy) is 1. The van der Waals surface area contributed by atoms with E-state index in [9.17, 15) is 19.2 Å². The second kappa shape index (κ2) is 14.5. The Balaban J connectivity index is 0.947. The SMILES string of the molecule is [2H]C1([2H])N(CC2CCC(n3nc(-c4ccc(Oc5ccccc5)cc4)c4c(N)ncnc43)CC2)C([2H])([2H])C([2H])([2H])N(c2ccc3c(c2F)C(=O)N(C2CCC(=O)NC2=O)C3=O)C1([2H])[2H]. The van der Waals surface area contributed by atoms with Gasteiger partial charge in [-0.3, -0.25) is 34.3 Å². The maximum atomic E-state index is 16.6. The molecule has 9 rings (SSSR count). The van der Waals surface area contributed by atoms with E-state index < -0.39 is 90.8 Å². The van der Waals surface area contributed by atoms with Crippen molar-refractivity contribution in [3.63, 3.8) is 0 Å². The van der Waals surface area contributed by atoms with Crippen LogP contribution in [0.15, 0.2) is 73.1 Å². The third-order valence-electron chi connectivity index (χ3n) is 10.6. The van der Waals surface area contributed by atoms with Gasteiger partial charge < -0.3 is 15.4 Å². The zero-order valence-electron chi connectivity index (χ0n) is 37.7. The number of nitrogen functional groups attached to an aromatic ring is 1. The summed E-state index contributed by atoms with van der Waals surface area (Å²) in [5.74, 6) is -4.49. The van der Waals surface area contributed by atoms with Crippen LogP contribution in [-0.4, -0.2) is 91.8 Å². The van der Waals surface area contributed by atoms with Crippen LogP contribution in [0.1, 0.15) is 76.2 Å². The summed E-state index contributed by atoms with van der Waals surface area (Å²) in [6.07, 6.45) is 2.59. The normalized spacial score (nSPS) is 27.5. The van der Waals surface area contributed by atoms with E-state index >= 15 is 4.39 Å². The molecule has 2 aromatic heterocycles. The number of carbonyl (C=O) groups is 4. The first-order valence-corrected chi connectivity index (χ1v) is 18.2. The number of hydrogen-bond donors (Lipinski definition) is 2.